The molecule has 0 saturated carbocycles. The summed E-state index contributed by atoms with van der Waals surface area (Å²) in [6.07, 6.45) is 3.46. The highest BCUT2D eigenvalue weighted by Gasteiger charge is 2.14. The van der Waals surface area contributed by atoms with Gasteiger partial charge in [-0.25, -0.2) is 0 Å². The maximum Gasteiger partial charge on any atom is 0.0507 e. The van der Waals surface area contributed by atoms with E-state index < -0.39 is 0 Å². The first-order valence-corrected chi connectivity index (χ1v) is 5.79. The van der Waals surface area contributed by atoms with Gasteiger partial charge in [-0.15, -0.1) is 0 Å². The van der Waals surface area contributed by atoms with E-state index in [0.717, 1.165) is 58.3 Å². The van der Waals surface area contributed by atoms with Gasteiger partial charge in [-0.3, -0.25) is 0 Å². The van der Waals surface area contributed by atoms with Crippen molar-refractivity contribution < 1.29 is 9.47 Å². The average molecular weight is 201 g/mol. The molecule has 0 spiro atoms. The zero-order valence-corrected chi connectivity index (χ0v) is 9.26. The molecule has 0 bridgehead atoms. The number of rotatable bonds is 8. The standard InChI is InChI=1S/C11H23NO2/c1-2-6-13-7-3-5-12-9-11-4-8-14-10-11/h11-12H,2-10H2,1H3. The summed E-state index contributed by atoms with van der Waals surface area (Å²) in [5.74, 6) is 0.742. The Hall–Kier alpha value is -0.120. The van der Waals surface area contributed by atoms with Gasteiger partial charge in [-0.05, 0) is 31.7 Å². The summed E-state index contributed by atoms with van der Waals surface area (Å²) in [5, 5.41) is 3.44. The van der Waals surface area contributed by atoms with Gasteiger partial charge in [-0.1, -0.05) is 6.92 Å². The molecule has 1 fully saturated rings. The molecule has 1 unspecified atom stereocenters. The van der Waals surface area contributed by atoms with E-state index in [0.29, 0.717) is 0 Å². The van der Waals surface area contributed by atoms with Crippen molar-refractivity contribution >= 4 is 0 Å². The first-order chi connectivity index (χ1) is 6.93. The van der Waals surface area contributed by atoms with Crippen molar-refractivity contribution in [3.05, 3.63) is 0 Å². The highest BCUT2D eigenvalue weighted by atomic mass is 16.5. The molecule has 1 saturated heterocycles. The molecular formula is C11H23NO2. The first kappa shape index (κ1) is 12.0. The van der Waals surface area contributed by atoms with Crippen molar-refractivity contribution in [2.45, 2.75) is 26.2 Å². The fourth-order valence-corrected chi connectivity index (χ4v) is 1.60. The van der Waals surface area contributed by atoms with Gasteiger partial charge in [0.15, 0.2) is 0 Å². The van der Waals surface area contributed by atoms with Gasteiger partial charge in [0.25, 0.3) is 0 Å². The number of nitrogens with one attached hydrogen (secondary N) is 1. The van der Waals surface area contributed by atoms with Gasteiger partial charge in [0.1, 0.15) is 0 Å². The Morgan fingerprint density at radius 3 is 3.07 bits per heavy atom. The maximum absolute atomic E-state index is 5.39. The van der Waals surface area contributed by atoms with Crippen LogP contribution in [0.15, 0.2) is 0 Å². The molecule has 0 aromatic heterocycles. The Labute approximate surface area is 87.2 Å². The highest BCUT2D eigenvalue weighted by molar-refractivity contribution is 4.66. The summed E-state index contributed by atoms with van der Waals surface area (Å²) in [6.45, 7) is 8.00. The zero-order chi connectivity index (χ0) is 10.1. The third-order valence-electron chi connectivity index (χ3n) is 2.45. The minimum Gasteiger partial charge on any atom is -0.381 e. The van der Waals surface area contributed by atoms with Crippen LogP contribution >= 0.6 is 0 Å². The van der Waals surface area contributed by atoms with Gasteiger partial charge in [-0.2, -0.15) is 0 Å². The lowest BCUT2D eigenvalue weighted by Gasteiger charge is -2.09. The van der Waals surface area contributed by atoms with Gasteiger partial charge >= 0.3 is 0 Å². The van der Waals surface area contributed by atoms with Crippen LogP contribution in [0.1, 0.15) is 26.2 Å². The molecule has 3 nitrogen and oxygen atoms in total. The van der Waals surface area contributed by atoms with Crippen LogP contribution in [0.4, 0.5) is 0 Å². The summed E-state index contributed by atoms with van der Waals surface area (Å²) < 4.78 is 10.7. The fourth-order valence-electron chi connectivity index (χ4n) is 1.60. The van der Waals surface area contributed by atoms with Crippen LogP contribution in [0, 0.1) is 5.92 Å². The molecule has 0 aliphatic carbocycles. The lowest BCUT2D eigenvalue weighted by molar-refractivity contribution is 0.132. The smallest absolute Gasteiger partial charge is 0.0507 e. The Morgan fingerprint density at radius 2 is 2.36 bits per heavy atom. The quantitative estimate of drug-likeness (QED) is 0.603. The summed E-state index contributed by atoms with van der Waals surface area (Å²) >= 11 is 0. The SMILES string of the molecule is CCCOCCCNCC1CCOC1. The number of ether oxygens (including phenoxy) is 2. The van der Waals surface area contributed by atoms with Crippen molar-refractivity contribution in [2.24, 2.45) is 5.92 Å². The molecule has 0 amide bonds. The molecule has 0 aromatic carbocycles. The normalized spacial score (nSPS) is 21.6. The topological polar surface area (TPSA) is 30.5 Å². The second-order valence-electron chi connectivity index (χ2n) is 3.90. The second-order valence-corrected chi connectivity index (χ2v) is 3.90. The van der Waals surface area contributed by atoms with Crippen molar-refractivity contribution in [3.8, 4) is 0 Å². The van der Waals surface area contributed by atoms with Crippen LogP contribution in [-0.2, 0) is 9.47 Å². The van der Waals surface area contributed by atoms with E-state index in [4.69, 9.17) is 9.47 Å². The van der Waals surface area contributed by atoms with Crippen molar-refractivity contribution in [1.29, 1.82) is 0 Å². The fraction of sp³-hybridized carbons (Fsp3) is 1.00. The van der Waals surface area contributed by atoms with Crippen LogP contribution in [0.25, 0.3) is 0 Å². The highest BCUT2D eigenvalue weighted by Crippen LogP contribution is 2.10. The largest absolute Gasteiger partial charge is 0.381 e. The lowest BCUT2D eigenvalue weighted by atomic mass is 10.1. The van der Waals surface area contributed by atoms with Gasteiger partial charge < -0.3 is 14.8 Å². The second kappa shape index (κ2) is 8.21. The molecule has 1 aliphatic rings. The molecular weight excluding hydrogens is 178 g/mol. The minimum atomic E-state index is 0.742. The summed E-state index contributed by atoms with van der Waals surface area (Å²) in [4.78, 5) is 0. The summed E-state index contributed by atoms with van der Waals surface area (Å²) in [7, 11) is 0. The monoisotopic (exact) mass is 201 g/mol. The molecule has 14 heavy (non-hydrogen) atoms. The predicted molar refractivity (Wildman–Crippen MR) is 57.5 cm³/mol. The first-order valence-electron chi connectivity index (χ1n) is 5.79. The van der Waals surface area contributed by atoms with E-state index in [1.54, 1.807) is 0 Å². The Kier molecular flexibility index (Phi) is 7.01. The number of hydrogen-bond donors (Lipinski definition) is 1. The predicted octanol–water partition coefficient (Wildman–Crippen LogP) is 1.43. The zero-order valence-electron chi connectivity index (χ0n) is 9.26. The minimum absolute atomic E-state index is 0.742. The van der Waals surface area contributed by atoms with E-state index in [1.807, 2.05) is 0 Å². The molecule has 1 aliphatic heterocycles. The van der Waals surface area contributed by atoms with Crippen molar-refractivity contribution in [2.75, 3.05) is 39.5 Å². The van der Waals surface area contributed by atoms with Crippen molar-refractivity contribution in [3.63, 3.8) is 0 Å². The van der Waals surface area contributed by atoms with Crippen LogP contribution in [-0.4, -0.2) is 39.5 Å². The average Bonchev–Trinajstić information content (AvgIpc) is 2.69. The molecule has 1 rings (SSSR count). The molecule has 3 heteroatoms. The van der Waals surface area contributed by atoms with Crippen molar-refractivity contribution in [1.82, 2.24) is 5.32 Å². The van der Waals surface area contributed by atoms with Crippen LogP contribution in [0.2, 0.25) is 0 Å². The molecule has 1 heterocycles. The Balaban J connectivity index is 1.75. The van der Waals surface area contributed by atoms with E-state index in [2.05, 4.69) is 12.2 Å². The number of hydrogen-bond acceptors (Lipinski definition) is 3. The Morgan fingerprint density at radius 1 is 1.43 bits per heavy atom. The van der Waals surface area contributed by atoms with Crippen LogP contribution < -0.4 is 5.32 Å². The third kappa shape index (κ3) is 5.58. The van der Waals surface area contributed by atoms with E-state index >= 15 is 0 Å². The van der Waals surface area contributed by atoms with E-state index in [9.17, 15) is 0 Å². The lowest BCUT2D eigenvalue weighted by Crippen LogP contribution is -2.24. The van der Waals surface area contributed by atoms with Gasteiger partial charge in [0.05, 0.1) is 6.61 Å². The third-order valence-corrected chi connectivity index (χ3v) is 2.45. The van der Waals surface area contributed by atoms with Crippen LogP contribution in [0.3, 0.4) is 0 Å². The molecule has 0 aromatic rings. The van der Waals surface area contributed by atoms with Crippen LogP contribution in [0.5, 0.6) is 0 Å². The summed E-state index contributed by atoms with van der Waals surface area (Å²) in [5.41, 5.74) is 0. The van der Waals surface area contributed by atoms with E-state index in [1.165, 1.54) is 6.42 Å². The van der Waals surface area contributed by atoms with Gasteiger partial charge in [0.2, 0.25) is 0 Å². The maximum atomic E-state index is 5.39. The summed E-state index contributed by atoms with van der Waals surface area (Å²) in [6, 6.07) is 0. The van der Waals surface area contributed by atoms with E-state index in [-0.39, 0.29) is 0 Å². The van der Waals surface area contributed by atoms with Gasteiger partial charge in [0, 0.05) is 26.4 Å². The molecule has 1 N–H and O–H groups in total. The molecule has 0 radical (unpaired) electrons. The molecule has 1 atom stereocenters. The Bertz CT molecular complexity index is 124. The molecule has 84 valence electrons.